The fourth-order valence-corrected chi connectivity index (χ4v) is 4.42. The van der Waals surface area contributed by atoms with Gasteiger partial charge in [-0.25, -0.2) is 13.4 Å². The molecule has 0 bridgehead atoms. The first-order chi connectivity index (χ1) is 13.9. The summed E-state index contributed by atoms with van der Waals surface area (Å²) in [7, 11) is -3.35. The maximum atomic E-state index is 12.2. The molecule has 5 rings (SSSR count). The molecular formula is C19H20N6O3S. The molecule has 29 heavy (non-hydrogen) atoms. The van der Waals surface area contributed by atoms with Crippen LogP contribution in [0, 0.1) is 0 Å². The Morgan fingerprint density at radius 3 is 2.79 bits per heavy atom. The van der Waals surface area contributed by atoms with Crippen molar-refractivity contribution in [1.29, 1.82) is 0 Å². The van der Waals surface area contributed by atoms with E-state index in [2.05, 4.69) is 27.1 Å². The summed E-state index contributed by atoms with van der Waals surface area (Å²) >= 11 is 0. The van der Waals surface area contributed by atoms with Crippen LogP contribution < -0.4 is 4.90 Å². The number of nitrogens with zero attached hydrogens (tertiary/aromatic N) is 5. The summed E-state index contributed by atoms with van der Waals surface area (Å²) in [5, 5.41) is 13.9. The van der Waals surface area contributed by atoms with Crippen molar-refractivity contribution >= 4 is 37.5 Å². The van der Waals surface area contributed by atoms with Crippen molar-refractivity contribution in [2.45, 2.75) is 17.9 Å². The molecule has 9 nitrogen and oxygen atoms in total. The highest BCUT2D eigenvalue weighted by molar-refractivity contribution is 7.90. The van der Waals surface area contributed by atoms with Gasteiger partial charge in [-0.2, -0.15) is 14.9 Å². The maximum Gasteiger partial charge on any atom is 0.177 e. The second-order valence-electron chi connectivity index (χ2n) is 7.26. The number of rotatable bonds is 3. The monoisotopic (exact) mass is 412 g/mol. The van der Waals surface area contributed by atoms with Gasteiger partial charge in [-0.15, -0.1) is 0 Å². The number of nitrogens with one attached hydrogen (secondary N) is 1. The van der Waals surface area contributed by atoms with E-state index >= 15 is 0 Å². The van der Waals surface area contributed by atoms with Gasteiger partial charge in [-0.05, 0) is 30.5 Å². The lowest BCUT2D eigenvalue weighted by molar-refractivity contribution is 0.0987. The molecule has 1 saturated heterocycles. The van der Waals surface area contributed by atoms with Crippen LogP contribution in [0.1, 0.15) is 6.92 Å². The van der Waals surface area contributed by atoms with Crippen LogP contribution in [0.2, 0.25) is 0 Å². The predicted molar refractivity (Wildman–Crippen MR) is 109 cm³/mol. The highest BCUT2D eigenvalue weighted by atomic mass is 32.2. The van der Waals surface area contributed by atoms with Crippen molar-refractivity contribution < 1.29 is 13.2 Å². The zero-order chi connectivity index (χ0) is 20.2. The Balaban J connectivity index is 1.85. The van der Waals surface area contributed by atoms with E-state index in [4.69, 9.17) is 9.72 Å². The number of fused-ring (bicyclic) bond motifs is 3. The average Bonchev–Trinajstić information content (AvgIpc) is 3.36. The average molecular weight is 412 g/mol. The van der Waals surface area contributed by atoms with Crippen LogP contribution in [-0.2, 0) is 14.6 Å². The molecule has 0 unspecified atom stereocenters. The minimum atomic E-state index is -3.35. The Morgan fingerprint density at radius 2 is 2.07 bits per heavy atom. The first-order valence-corrected chi connectivity index (χ1v) is 11.2. The zero-order valence-corrected chi connectivity index (χ0v) is 16.8. The van der Waals surface area contributed by atoms with E-state index in [0.717, 1.165) is 22.0 Å². The summed E-state index contributed by atoms with van der Waals surface area (Å²) < 4.78 is 31.6. The van der Waals surface area contributed by atoms with E-state index < -0.39 is 9.84 Å². The molecule has 1 fully saturated rings. The number of benzene rings is 1. The molecule has 10 heteroatoms. The summed E-state index contributed by atoms with van der Waals surface area (Å²) in [6.07, 6.45) is 4.64. The van der Waals surface area contributed by atoms with Gasteiger partial charge in [0.1, 0.15) is 5.82 Å². The first kappa shape index (κ1) is 18.1. The molecule has 3 aromatic heterocycles. The van der Waals surface area contributed by atoms with Crippen molar-refractivity contribution in [2.75, 3.05) is 30.9 Å². The van der Waals surface area contributed by atoms with Crippen molar-refractivity contribution in [1.82, 2.24) is 25.0 Å². The summed E-state index contributed by atoms with van der Waals surface area (Å²) in [6, 6.07) is 7.13. The molecule has 1 aliphatic rings. The Morgan fingerprint density at radius 1 is 1.21 bits per heavy atom. The Hall–Kier alpha value is -2.98. The van der Waals surface area contributed by atoms with Gasteiger partial charge >= 0.3 is 0 Å². The topological polar surface area (TPSA) is 106 Å². The van der Waals surface area contributed by atoms with Crippen LogP contribution >= 0.6 is 0 Å². The van der Waals surface area contributed by atoms with Gasteiger partial charge in [0.15, 0.2) is 21.3 Å². The smallest absolute Gasteiger partial charge is 0.177 e. The van der Waals surface area contributed by atoms with E-state index in [9.17, 15) is 8.42 Å². The summed E-state index contributed by atoms with van der Waals surface area (Å²) in [5.74, 6) is 1.41. The fourth-order valence-electron chi connectivity index (χ4n) is 3.77. The predicted octanol–water partition coefficient (Wildman–Crippen LogP) is 1.93. The van der Waals surface area contributed by atoms with Gasteiger partial charge in [-0.3, -0.25) is 5.10 Å². The standard InChI is InChI=1S/C19H20N6O3S/c1-12-11-28-8-7-24(12)18-14-4-3-13(29(2,26)27)9-15(14)16-10-21-25(19(16)22-18)17-5-6-20-23-17/h3-6,9-10,12H,7-8,11H2,1-2H3,(H,20,23)/t12-/m1/s1. The molecular weight excluding hydrogens is 392 g/mol. The quantitative estimate of drug-likeness (QED) is 0.548. The molecule has 0 saturated carbocycles. The van der Waals surface area contributed by atoms with Gasteiger partial charge in [0.2, 0.25) is 0 Å². The van der Waals surface area contributed by atoms with Crippen LogP contribution in [-0.4, -0.2) is 65.4 Å². The Kier molecular flexibility index (Phi) is 4.07. The van der Waals surface area contributed by atoms with Crippen molar-refractivity contribution in [3.05, 3.63) is 36.7 Å². The van der Waals surface area contributed by atoms with Gasteiger partial charge < -0.3 is 9.64 Å². The normalized spacial score (nSPS) is 18.0. The Bertz CT molecular complexity index is 1310. The van der Waals surface area contributed by atoms with Gasteiger partial charge in [-0.1, -0.05) is 0 Å². The second kappa shape index (κ2) is 6.53. The summed E-state index contributed by atoms with van der Waals surface area (Å²) in [4.78, 5) is 7.42. The third kappa shape index (κ3) is 2.95. The lowest BCUT2D eigenvalue weighted by Gasteiger charge is -2.35. The molecule has 4 heterocycles. The zero-order valence-electron chi connectivity index (χ0n) is 16.0. The van der Waals surface area contributed by atoms with Crippen LogP contribution in [0.5, 0.6) is 0 Å². The molecule has 0 aliphatic carbocycles. The third-order valence-corrected chi connectivity index (χ3v) is 6.36. The number of H-pyrrole nitrogens is 1. The molecule has 150 valence electrons. The van der Waals surface area contributed by atoms with Crippen molar-refractivity contribution in [3.8, 4) is 5.82 Å². The molecule has 0 spiro atoms. The number of morpholine rings is 1. The summed E-state index contributed by atoms with van der Waals surface area (Å²) in [6.45, 7) is 4.03. The minimum absolute atomic E-state index is 0.147. The van der Waals surface area contributed by atoms with Crippen molar-refractivity contribution in [3.63, 3.8) is 0 Å². The molecule has 4 aromatic rings. The van der Waals surface area contributed by atoms with Gasteiger partial charge in [0.05, 0.1) is 30.3 Å². The number of pyridine rings is 1. The van der Waals surface area contributed by atoms with E-state index in [1.165, 1.54) is 6.26 Å². The SMILES string of the molecule is C[C@@H]1COCCN1c1nc2c(cnn2-c2cc[nH]n2)c2cc(S(C)(=O)=O)ccc12. The highest BCUT2D eigenvalue weighted by Gasteiger charge is 2.25. The van der Waals surface area contributed by atoms with Crippen LogP contribution in [0.4, 0.5) is 5.82 Å². The van der Waals surface area contributed by atoms with Crippen LogP contribution in [0.3, 0.4) is 0 Å². The highest BCUT2D eigenvalue weighted by Crippen LogP contribution is 2.35. The number of hydrogen-bond donors (Lipinski definition) is 1. The molecule has 1 aliphatic heterocycles. The number of ether oxygens (including phenoxy) is 1. The maximum absolute atomic E-state index is 12.2. The third-order valence-electron chi connectivity index (χ3n) is 5.25. The molecule has 0 radical (unpaired) electrons. The fraction of sp³-hybridized carbons (Fsp3) is 0.316. The second-order valence-corrected chi connectivity index (χ2v) is 9.27. The van der Waals surface area contributed by atoms with Gasteiger partial charge in [0, 0.05) is 35.8 Å². The summed E-state index contributed by atoms with van der Waals surface area (Å²) in [5.41, 5.74) is 0.629. The lowest BCUT2D eigenvalue weighted by atomic mass is 10.1. The van der Waals surface area contributed by atoms with E-state index in [1.54, 1.807) is 29.2 Å². The van der Waals surface area contributed by atoms with E-state index in [0.29, 0.717) is 31.2 Å². The number of sulfone groups is 1. The van der Waals surface area contributed by atoms with Crippen LogP contribution in [0.25, 0.3) is 27.6 Å². The molecule has 1 aromatic carbocycles. The Labute approximate surface area is 167 Å². The van der Waals surface area contributed by atoms with E-state index in [1.807, 2.05) is 12.1 Å². The van der Waals surface area contributed by atoms with Gasteiger partial charge in [0.25, 0.3) is 0 Å². The van der Waals surface area contributed by atoms with Crippen molar-refractivity contribution in [2.24, 2.45) is 0 Å². The number of aromatic nitrogens is 5. The minimum Gasteiger partial charge on any atom is -0.377 e. The number of hydrogen-bond acceptors (Lipinski definition) is 7. The van der Waals surface area contributed by atoms with Crippen LogP contribution in [0.15, 0.2) is 41.6 Å². The molecule has 0 amide bonds. The first-order valence-electron chi connectivity index (χ1n) is 9.29. The largest absolute Gasteiger partial charge is 0.377 e. The van der Waals surface area contributed by atoms with E-state index in [-0.39, 0.29) is 10.9 Å². The lowest BCUT2D eigenvalue weighted by Crippen LogP contribution is -2.44. The molecule has 1 atom stereocenters. The number of anilines is 1. The molecule has 1 N–H and O–H groups in total. The number of aromatic amines is 1.